The van der Waals surface area contributed by atoms with E-state index < -0.39 is 5.82 Å². The van der Waals surface area contributed by atoms with Crippen LogP contribution in [0.4, 0.5) is 20.5 Å². The van der Waals surface area contributed by atoms with Gasteiger partial charge in [-0.05, 0) is 43.7 Å². The fourth-order valence-corrected chi connectivity index (χ4v) is 4.81. The molecule has 0 amide bonds. The van der Waals surface area contributed by atoms with Gasteiger partial charge < -0.3 is 15.0 Å². The predicted molar refractivity (Wildman–Crippen MR) is 121 cm³/mol. The number of hydrogen-bond acceptors (Lipinski definition) is 7. The first-order valence-electron chi connectivity index (χ1n) is 10.7. The molecule has 3 aromatic rings. The molecular weight excluding hydrogens is 452 g/mol. The summed E-state index contributed by atoms with van der Waals surface area (Å²) in [6, 6.07) is 6.15. The summed E-state index contributed by atoms with van der Waals surface area (Å²) in [6.45, 7) is 3.70. The summed E-state index contributed by atoms with van der Waals surface area (Å²) in [5, 5.41) is 7.66. The third-order valence-electron chi connectivity index (χ3n) is 6.14. The van der Waals surface area contributed by atoms with Crippen LogP contribution in [0.5, 0.6) is 11.8 Å². The van der Waals surface area contributed by atoms with E-state index >= 15 is 0 Å². The van der Waals surface area contributed by atoms with E-state index in [-0.39, 0.29) is 22.8 Å². The minimum atomic E-state index is -0.560. The number of benzene rings is 1. The highest BCUT2D eigenvalue weighted by atomic mass is 35.5. The molecule has 2 fully saturated rings. The number of rotatable bonds is 6. The van der Waals surface area contributed by atoms with Crippen LogP contribution in [-0.4, -0.2) is 43.9 Å². The first kappa shape index (κ1) is 21.6. The van der Waals surface area contributed by atoms with Gasteiger partial charge in [0.1, 0.15) is 30.0 Å². The highest BCUT2D eigenvalue weighted by Crippen LogP contribution is 2.40. The fourth-order valence-electron chi connectivity index (χ4n) is 4.64. The Kier molecular flexibility index (Phi) is 5.84. The van der Waals surface area contributed by atoms with Gasteiger partial charge in [-0.2, -0.15) is 9.67 Å². The molecule has 5 rings (SSSR count). The van der Waals surface area contributed by atoms with Gasteiger partial charge in [0.2, 0.25) is 5.95 Å². The van der Waals surface area contributed by atoms with E-state index in [4.69, 9.17) is 16.3 Å². The normalized spacial score (nSPS) is 22.2. The van der Waals surface area contributed by atoms with Crippen LogP contribution in [0.15, 0.2) is 36.9 Å². The molecule has 1 saturated carbocycles. The Morgan fingerprint density at radius 1 is 1.18 bits per heavy atom. The van der Waals surface area contributed by atoms with Gasteiger partial charge in [-0.3, -0.25) is 0 Å². The van der Waals surface area contributed by atoms with Gasteiger partial charge in [-0.25, -0.2) is 18.7 Å². The molecule has 2 aliphatic rings. The number of fused-ring (bicyclic) bond motifs is 2. The summed E-state index contributed by atoms with van der Waals surface area (Å²) in [7, 11) is 0. The van der Waals surface area contributed by atoms with E-state index in [0.717, 1.165) is 43.6 Å². The zero-order valence-electron chi connectivity index (χ0n) is 17.8. The second-order valence-electron chi connectivity index (χ2n) is 8.31. The topological polar surface area (TPSA) is 81.0 Å². The van der Waals surface area contributed by atoms with Crippen molar-refractivity contribution in [2.45, 2.75) is 25.8 Å². The van der Waals surface area contributed by atoms with E-state index in [0.29, 0.717) is 24.1 Å². The maximum atomic E-state index is 13.4. The minimum Gasteiger partial charge on any atom is -0.424 e. The SMILES string of the molecule is Cc1cc(N2C[C@H]3CC[C@@H](C2)[C@@H]3Nc2nc(Oc3ccc(F)c(Cl)c3)n(C=CF)n2)ncn1. The first-order chi connectivity index (χ1) is 16.0. The second kappa shape index (κ2) is 8.93. The third-order valence-corrected chi connectivity index (χ3v) is 6.43. The molecule has 8 nitrogen and oxygen atoms in total. The Morgan fingerprint density at radius 3 is 2.67 bits per heavy atom. The summed E-state index contributed by atoms with van der Waals surface area (Å²) < 4.78 is 33.2. The number of ether oxygens (including phenoxy) is 1. The Bertz CT molecular complexity index is 1170. The lowest BCUT2D eigenvalue weighted by molar-refractivity contribution is 0.374. The van der Waals surface area contributed by atoms with Crippen LogP contribution in [0.1, 0.15) is 18.5 Å². The molecule has 1 aliphatic heterocycles. The molecule has 0 spiro atoms. The molecule has 172 valence electrons. The average molecular weight is 474 g/mol. The van der Waals surface area contributed by atoms with Crippen LogP contribution in [0.25, 0.3) is 6.20 Å². The van der Waals surface area contributed by atoms with Crippen LogP contribution in [0.3, 0.4) is 0 Å². The Morgan fingerprint density at radius 2 is 1.97 bits per heavy atom. The van der Waals surface area contributed by atoms with E-state index in [2.05, 4.69) is 30.3 Å². The number of piperidine rings is 1. The lowest BCUT2D eigenvalue weighted by atomic mass is 9.92. The van der Waals surface area contributed by atoms with E-state index in [1.807, 2.05) is 13.0 Å². The summed E-state index contributed by atoms with van der Waals surface area (Å²) >= 11 is 5.82. The van der Waals surface area contributed by atoms with Gasteiger partial charge in [0, 0.05) is 37.0 Å². The molecule has 33 heavy (non-hydrogen) atoms. The lowest BCUT2D eigenvalue weighted by Gasteiger charge is -2.38. The molecular formula is C22H22ClF2N7O. The zero-order valence-corrected chi connectivity index (χ0v) is 18.6. The van der Waals surface area contributed by atoms with Gasteiger partial charge in [0.05, 0.1) is 11.2 Å². The fraction of sp³-hybridized carbons (Fsp3) is 0.364. The second-order valence-corrected chi connectivity index (χ2v) is 8.71. The Labute approximate surface area is 194 Å². The number of nitrogens with zero attached hydrogens (tertiary/aromatic N) is 6. The quantitative estimate of drug-likeness (QED) is 0.556. The molecule has 2 aromatic heterocycles. The van der Waals surface area contributed by atoms with Gasteiger partial charge in [-0.15, -0.1) is 5.10 Å². The van der Waals surface area contributed by atoms with Crippen LogP contribution in [-0.2, 0) is 0 Å². The largest absolute Gasteiger partial charge is 0.424 e. The van der Waals surface area contributed by atoms with Crippen molar-refractivity contribution in [3.8, 4) is 11.8 Å². The Balaban J connectivity index is 1.32. The standard InChI is InChI=1S/C22H22ClF2N7O/c1-13-8-19(27-12-26-13)31-10-14-2-3-15(11-31)20(14)28-21-29-22(32(30-21)7-6-24)33-16-4-5-18(25)17(23)9-16/h4-9,12,14-15,20H,2-3,10-11H2,1H3,(H,28,30)/t14-,15+,20-. The number of hydrogen-bond donors (Lipinski definition) is 1. The molecule has 0 radical (unpaired) electrons. The van der Waals surface area contributed by atoms with E-state index in [1.165, 1.54) is 22.9 Å². The van der Waals surface area contributed by atoms with Crippen molar-refractivity contribution in [3.63, 3.8) is 0 Å². The van der Waals surface area contributed by atoms with E-state index in [9.17, 15) is 8.78 Å². The summed E-state index contributed by atoms with van der Waals surface area (Å²) in [4.78, 5) is 15.3. The third kappa shape index (κ3) is 4.47. The van der Waals surface area contributed by atoms with Gasteiger partial charge >= 0.3 is 6.01 Å². The first-order valence-corrected chi connectivity index (χ1v) is 11.0. The van der Waals surface area contributed by atoms with Crippen molar-refractivity contribution >= 4 is 29.6 Å². The zero-order chi connectivity index (χ0) is 22.9. The predicted octanol–water partition coefficient (Wildman–Crippen LogP) is 4.69. The van der Waals surface area contributed by atoms with Gasteiger partial charge in [-0.1, -0.05) is 11.6 Å². The minimum absolute atomic E-state index is 0.0373. The Hall–Kier alpha value is -3.27. The molecule has 1 aromatic carbocycles. The molecule has 2 bridgehead atoms. The van der Waals surface area contributed by atoms with Crippen LogP contribution in [0, 0.1) is 24.6 Å². The number of halogens is 3. The molecule has 1 aliphatic carbocycles. The highest BCUT2D eigenvalue weighted by molar-refractivity contribution is 6.30. The molecule has 1 saturated heterocycles. The maximum absolute atomic E-state index is 13.4. The summed E-state index contributed by atoms with van der Waals surface area (Å²) in [5.74, 6) is 1.77. The smallest absolute Gasteiger partial charge is 0.326 e. The monoisotopic (exact) mass is 473 g/mol. The highest BCUT2D eigenvalue weighted by Gasteiger charge is 2.43. The van der Waals surface area contributed by atoms with Crippen molar-refractivity contribution in [1.82, 2.24) is 24.7 Å². The number of aryl methyl sites for hydroxylation is 1. The molecule has 11 heteroatoms. The molecule has 0 unspecified atom stereocenters. The average Bonchev–Trinajstić information content (AvgIpc) is 3.26. The van der Waals surface area contributed by atoms with Crippen molar-refractivity contribution < 1.29 is 13.5 Å². The number of aromatic nitrogens is 5. The van der Waals surface area contributed by atoms with Gasteiger partial charge in [0.25, 0.3) is 0 Å². The summed E-state index contributed by atoms with van der Waals surface area (Å²) in [5.41, 5.74) is 0.943. The molecule has 3 atom stereocenters. The lowest BCUT2D eigenvalue weighted by Crippen LogP contribution is -2.48. The van der Waals surface area contributed by atoms with Gasteiger partial charge in [0.15, 0.2) is 0 Å². The molecule has 3 heterocycles. The number of nitrogens with one attached hydrogen (secondary N) is 1. The van der Waals surface area contributed by atoms with Crippen molar-refractivity contribution in [1.29, 1.82) is 0 Å². The van der Waals surface area contributed by atoms with Crippen molar-refractivity contribution in [2.75, 3.05) is 23.3 Å². The van der Waals surface area contributed by atoms with Crippen LogP contribution in [0.2, 0.25) is 5.02 Å². The number of anilines is 2. The van der Waals surface area contributed by atoms with Crippen LogP contribution >= 0.6 is 11.6 Å². The van der Waals surface area contributed by atoms with Crippen molar-refractivity contribution in [2.24, 2.45) is 11.8 Å². The van der Waals surface area contributed by atoms with Crippen LogP contribution < -0.4 is 15.0 Å². The van der Waals surface area contributed by atoms with E-state index in [1.54, 1.807) is 6.33 Å². The summed E-state index contributed by atoms with van der Waals surface area (Å²) in [6.07, 6.45) is 5.21. The van der Waals surface area contributed by atoms with Crippen molar-refractivity contribution in [3.05, 3.63) is 53.5 Å². The molecule has 1 N–H and O–H groups in total. The maximum Gasteiger partial charge on any atom is 0.326 e.